The SMILES string of the molecule is Cl.Cl.O=C(CCc1ccncc1)Nc1ccc2c(c1)CNCC2. The van der Waals surface area contributed by atoms with Crippen LogP contribution in [0.2, 0.25) is 0 Å². The number of hydrogen-bond acceptors (Lipinski definition) is 3. The van der Waals surface area contributed by atoms with Gasteiger partial charge in [0.25, 0.3) is 0 Å². The molecule has 6 heteroatoms. The Kier molecular flexibility index (Phi) is 8.03. The van der Waals surface area contributed by atoms with Gasteiger partial charge >= 0.3 is 0 Å². The maximum absolute atomic E-state index is 12.0. The Morgan fingerprint density at radius 3 is 2.70 bits per heavy atom. The summed E-state index contributed by atoms with van der Waals surface area (Å²) in [6.45, 7) is 1.92. The number of anilines is 1. The van der Waals surface area contributed by atoms with Gasteiger partial charge in [-0.15, -0.1) is 24.8 Å². The highest BCUT2D eigenvalue weighted by Gasteiger charge is 2.10. The molecule has 0 aliphatic carbocycles. The van der Waals surface area contributed by atoms with Crippen LogP contribution in [0.25, 0.3) is 0 Å². The van der Waals surface area contributed by atoms with E-state index < -0.39 is 0 Å². The third-order valence-corrected chi connectivity index (χ3v) is 3.77. The molecule has 0 bridgehead atoms. The first-order chi connectivity index (χ1) is 10.3. The Morgan fingerprint density at radius 2 is 1.91 bits per heavy atom. The molecule has 23 heavy (non-hydrogen) atoms. The van der Waals surface area contributed by atoms with E-state index in [1.807, 2.05) is 18.2 Å². The average Bonchev–Trinajstić information content (AvgIpc) is 2.54. The summed E-state index contributed by atoms with van der Waals surface area (Å²) in [5, 5.41) is 6.33. The normalized spacial score (nSPS) is 12.3. The van der Waals surface area contributed by atoms with Crippen molar-refractivity contribution in [2.45, 2.75) is 25.8 Å². The second-order valence-electron chi connectivity index (χ2n) is 5.31. The quantitative estimate of drug-likeness (QED) is 0.887. The highest BCUT2D eigenvalue weighted by atomic mass is 35.5. The molecule has 1 aliphatic heterocycles. The number of fused-ring (bicyclic) bond motifs is 1. The van der Waals surface area contributed by atoms with Crippen LogP contribution < -0.4 is 10.6 Å². The van der Waals surface area contributed by atoms with Crippen LogP contribution in [-0.4, -0.2) is 17.4 Å². The van der Waals surface area contributed by atoms with Gasteiger partial charge in [-0.05, 0) is 60.3 Å². The fourth-order valence-electron chi connectivity index (χ4n) is 2.59. The van der Waals surface area contributed by atoms with Crippen LogP contribution in [0.5, 0.6) is 0 Å². The molecule has 0 fully saturated rings. The van der Waals surface area contributed by atoms with Gasteiger partial charge in [0.15, 0.2) is 0 Å². The maximum Gasteiger partial charge on any atom is 0.224 e. The molecule has 3 rings (SSSR count). The molecule has 0 unspecified atom stereocenters. The Balaban J connectivity index is 0.00000132. The maximum atomic E-state index is 12.0. The number of carbonyl (C=O) groups is 1. The van der Waals surface area contributed by atoms with Gasteiger partial charge in [-0.2, -0.15) is 0 Å². The van der Waals surface area contributed by atoms with Crippen molar-refractivity contribution in [3.05, 3.63) is 59.4 Å². The fourth-order valence-corrected chi connectivity index (χ4v) is 2.59. The zero-order valence-electron chi connectivity index (χ0n) is 12.7. The second-order valence-corrected chi connectivity index (χ2v) is 5.31. The molecule has 0 saturated carbocycles. The van der Waals surface area contributed by atoms with E-state index in [0.717, 1.165) is 37.2 Å². The van der Waals surface area contributed by atoms with Crippen LogP contribution in [0, 0.1) is 0 Å². The summed E-state index contributed by atoms with van der Waals surface area (Å²) in [7, 11) is 0. The highest BCUT2D eigenvalue weighted by molar-refractivity contribution is 5.91. The predicted octanol–water partition coefficient (Wildman–Crippen LogP) is 3.14. The molecule has 1 aromatic heterocycles. The van der Waals surface area contributed by atoms with Crippen LogP contribution >= 0.6 is 24.8 Å². The lowest BCUT2D eigenvalue weighted by molar-refractivity contribution is -0.116. The summed E-state index contributed by atoms with van der Waals surface area (Å²) in [4.78, 5) is 16.0. The highest BCUT2D eigenvalue weighted by Crippen LogP contribution is 2.19. The Hall–Kier alpha value is -1.62. The van der Waals surface area contributed by atoms with E-state index in [2.05, 4.69) is 27.8 Å². The van der Waals surface area contributed by atoms with Crippen molar-refractivity contribution in [2.24, 2.45) is 0 Å². The summed E-state index contributed by atoms with van der Waals surface area (Å²) >= 11 is 0. The van der Waals surface area contributed by atoms with Crippen molar-refractivity contribution in [1.29, 1.82) is 0 Å². The number of halogens is 2. The van der Waals surface area contributed by atoms with Crippen LogP contribution in [0.4, 0.5) is 5.69 Å². The topological polar surface area (TPSA) is 54.0 Å². The number of rotatable bonds is 4. The lowest BCUT2D eigenvalue weighted by Gasteiger charge is -2.18. The summed E-state index contributed by atoms with van der Waals surface area (Å²) < 4.78 is 0. The first kappa shape index (κ1) is 19.4. The van der Waals surface area contributed by atoms with Gasteiger partial charge in [0.2, 0.25) is 5.91 Å². The van der Waals surface area contributed by atoms with E-state index in [0.29, 0.717) is 6.42 Å². The van der Waals surface area contributed by atoms with E-state index in [-0.39, 0.29) is 30.7 Å². The van der Waals surface area contributed by atoms with Gasteiger partial charge in [-0.3, -0.25) is 9.78 Å². The summed E-state index contributed by atoms with van der Waals surface area (Å²) in [6, 6.07) is 10.1. The molecule has 1 aromatic carbocycles. The first-order valence-electron chi connectivity index (χ1n) is 7.32. The zero-order chi connectivity index (χ0) is 14.5. The molecule has 124 valence electrons. The van der Waals surface area contributed by atoms with Gasteiger partial charge in [-0.1, -0.05) is 6.07 Å². The monoisotopic (exact) mass is 353 g/mol. The molecule has 1 amide bonds. The van der Waals surface area contributed by atoms with E-state index in [1.54, 1.807) is 12.4 Å². The van der Waals surface area contributed by atoms with Crippen molar-refractivity contribution in [3.63, 3.8) is 0 Å². The van der Waals surface area contributed by atoms with E-state index >= 15 is 0 Å². The van der Waals surface area contributed by atoms with Crippen molar-refractivity contribution in [1.82, 2.24) is 10.3 Å². The number of hydrogen-bond donors (Lipinski definition) is 2. The van der Waals surface area contributed by atoms with E-state index in [4.69, 9.17) is 0 Å². The van der Waals surface area contributed by atoms with Gasteiger partial charge in [0.1, 0.15) is 0 Å². The van der Waals surface area contributed by atoms with Gasteiger partial charge in [0.05, 0.1) is 0 Å². The Morgan fingerprint density at radius 1 is 1.13 bits per heavy atom. The van der Waals surface area contributed by atoms with Crippen molar-refractivity contribution < 1.29 is 4.79 Å². The zero-order valence-corrected chi connectivity index (χ0v) is 14.4. The molecule has 2 heterocycles. The molecule has 2 aromatic rings. The minimum Gasteiger partial charge on any atom is -0.326 e. The smallest absolute Gasteiger partial charge is 0.224 e. The fraction of sp³-hybridized carbons (Fsp3) is 0.294. The number of pyridine rings is 1. The molecule has 1 aliphatic rings. The predicted molar refractivity (Wildman–Crippen MR) is 97.5 cm³/mol. The number of amides is 1. The lowest BCUT2D eigenvalue weighted by atomic mass is 10.0. The Labute approximate surface area is 148 Å². The molecular weight excluding hydrogens is 333 g/mol. The van der Waals surface area contributed by atoms with Crippen LogP contribution in [0.1, 0.15) is 23.1 Å². The van der Waals surface area contributed by atoms with E-state index in [9.17, 15) is 4.79 Å². The molecule has 0 radical (unpaired) electrons. The Bertz CT molecular complexity index is 635. The van der Waals surface area contributed by atoms with Crippen molar-refractivity contribution >= 4 is 36.4 Å². The van der Waals surface area contributed by atoms with Gasteiger partial charge < -0.3 is 10.6 Å². The summed E-state index contributed by atoms with van der Waals surface area (Å²) in [5.41, 5.74) is 4.68. The number of carbonyl (C=O) groups excluding carboxylic acids is 1. The third kappa shape index (κ3) is 5.50. The lowest BCUT2D eigenvalue weighted by Crippen LogP contribution is -2.23. The van der Waals surface area contributed by atoms with Crippen molar-refractivity contribution in [2.75, 3.05) is 11.9 Å². The molecule has 0 atom stereocenters. The van der Waals surface area contributed by atoms with Crippen LogP contribution in [-0.2, 0) is 24.2 Å². The number of nitrogens with zero attached hydrogens (tertiary/aromatic N) is 1. The van der Waals surface area contributed by atoms with Crippen LogP contribution in [0.3, 0.4) is 0 Å². The largest absolute Gasteiger partial charge is 0.326 e. The number of benzene rings is 1. The molecule has 4 nitrogen and oxygen atoms in total. The van der Waals surface area contributed by atoms with E-state index in [1.165, 1.54) is 11.1 Å². The van der Waals surface area contributed by atoms with Gasteiger partial charge in [-0.25, -0.2) is 0 Å². The minimum atomic E-state index is 0. The van der Waals surface area contributed by atoms with Crippen molar-refractivity contribution in [3.8, 4) is 0 Å². The first-order valence-corrected chi connectivity index (χ1v) is 7.32. The van der Waals surface area contributed by atoms with Crippen LogP contribution in [0.15, 0.2) is 42.7 Å². The standard InChI is InChI=1S/C17H19N3O.2ClH/c21-17(4-1-13-5-8-18-9-6-13)20-16-3-2-14-7-10-19-12-15(14)11-16;;/h2-3,5-6,8-9,11,19H,1,4,7,10,12H2,(H,20,21);2*1H. The third-order valence-electron chi connectivity index (χ3n) is 3.77. The number of aromatic nitrogens is 1. The second kappa shape index (κ2) is 9.50. The molecule has 0 spiro atoms. The number of aryl methyl sites for hydroxylation is 1. The average molecular weight is 354 g/mol. The molecule has 0 saturated heterocycles. The molecule has 2 N–H and O–H groups in total. The molecular formula is C17H21Cl2N3O. The number of nitrogens with one attached hydrogen (secondary N) is 2. The summed E-state index contributed by atoms with van der Waals surface area (Å²) in [6.07, 6.45) is 5.79. The minimum absolute atomic E-state index is 0. The summed E-state index contributed by atoms with van der Waals surface area (Å²) in [5.74, 6) is 0.0514. The van der Waals surface area contributed by atoms with Gasteiger partial charge in [0, 0.05) is 31.0 Å².